The lowest BCUT2D eigenvalue weighted by Gasteiger charge is -2.31. The molecule has 1 aliphatic heterocycles. The SMILES string of the molecule is [C-]#[N+]CCOCC1CCN(Cc2ccccc2)CC1. The molecule has 1 fully saturated rings. The van der Waals surface area contributed by atoms with E-state index in [1.165, 1.54) is 18.4 Å². The molecule has 0 radical (unpaired) electrons. The van der Waals surface area contributed by atoms with Crippen LogP contribution in [0.25, 0.3) is 4.85 Å². The molecule has 0 aliphatic carbocycles. The van der Waals surface area contributed by atoms with Crippen molar-refractivity contribution in [3.05, 3.63) is 47.3 Å². The molecule has 3 heteroatoms. The number of hydrogen-bond acceptors (Lipinski definition) is 2. The van der Waals surface area contributed by atoms with Crippen molar-refractivity contribution >= 4 is 0 Å². The van der Waals surface area contributed by atoms with Crippen LogP contribution >= 0.6 is 0 Å². The van der Waals surface area contributed by atoms with Gasteiger partial charge in [0.1, 0.15) is 6.61 Å². The van der Waals surface area contributed by atoms with Crippen LogP contribution in [0.1, 0.15) is 18.4 Å². The zero-order valence-electron chi connectivity index (χ0n) is 11.4. The molecule has 0 saturated carbocycles. The van der Waals surface area contributed by atoms with Gasteiger partial charge >= 0.3 is 0 Å². The number of piperidine rings is 1. The maximum Gasteiger partial charge on any atom is 0.237 e. The van der Waals surface area contributed by atoms with Crippen molar-refractivity contribution in [2.75, 3.05) is 32.8 Å². The largest absolute Gasteiger partial charge is 0.373 e. The minimum atomic E-state index is 0.493. The van der Waals surface area contributed by atoms with Gasteiger partial charge in [-0.2, -0.15) is 0 Å². The second-order valence-corrected chi connectivity index (χ2v) is 5.16. The zero-order chi connectivity index (χ0) is 13.3. The normalized spacial score (nSPS) is 17.2. The Labute approximate surface area is 116 Å². The van der Waals surface area contributed by atoms with Crippen LogP contribution in [-0.2, 0) is 11.3 Å². The van der Waals surface area contributed by atoms with Crippen molar-refractivity contribution in [2.45, 2.75) is 19.4 Å². The first-order valence-corrected chi connectivity index (χ1v) is 7.05. The molecule has 1 aliphatic rings. The summed E-state index contributed by atoms with van der Waals surface area (Å²) in [5, 5.41) is 0. The Morgan fingerprint density at radius 1 is 1.21 bits per heavy atom. The van der Waals surface area contributed by atoms with E-state index in [1.807, 2.05) is 0 Å². The first kappa shape index (κ1) is 14.0. The first-order chi connectivity index (χ1) is 9.38. The molecular formula is C16H22N2O. The van der Waals surface area contributed by atoms with Gasteiger partial charge in [-0.15, -0.1) is 0 Å². The van der Waals surface area contributed by atoms with Crippen molar-refractivity contribution in [3.8, 4) is 0 Å². The summed E-state index contributed by atoms with van der Waals surface area (Å²) in [6.45, 7) is 12.0. The lowest BCUT2D eigenvalue weighted by molar-refractivity contribution is 0.0715. The maximum absolute atomic E-state index is 6.70. The van der Waals surface area contributed by atoms with Gasteiger partial charge in [0.2, 0.25) is 6.54 Å². The molecule has 19 heavy (non-hydrogen) atoms. The molecule has 0 unspecified atom stereocenters. The molecule has 1 saturated heterocycles. The van der Waals surface area contributed by atoms with Gasteiger partial charge in [0.15, 0.2) is 0 Å². The predicted molar refractivity (Wildman–Crippen MR) is 76.7 cm³/mol. The van der Waals surface area contributed by atoms with Gasteiger partial charge in [-0.25, -0.2) is 6.57 Å². The maximum atomic E-state index is 6.70. The first-order valence-electron chi connectivity index (χ1n) is 7.05. The quantitative estimate of drug-likeness (QED) is 0.576. The third kappa shape index (κ3) is 5.02. The molecule has 3 nitrogen and oxygen atoms in total. The molecule has 2 rings (SSSR count). The van der Waals surface area contributed by atoms with Crippen LogP contribution in [0.4, 0.5) is 0 Å². The van der Waals surface area contributed by atoms with E-state index < -0.39 is 0 Å². The van der Waals surface area contributed by atoms with Crippen molar-refractivity contribution in [3.63, 3.8) is 0 Å². The van der Waals surface area contributed by atoms with Crippen LogP contribution in [0.3, 0.4) is 0 Å². The Kier molecular flexibility index (Phi) is 5.87. The smallest absolute Gasteiger partial charge is 0.237 e. The number of benzene rings is 1. The zero-order valence-corrected chi connectivity index (χ0v) is 11.4. The molecule has 1 heterocycles. The third-order valence-electron chi connectivity index (χ3n) is 3.66. The monoisotopic (exact) mass is 258 g/mol. The highest BCUT2D eigenvalue weighted by Crippen LogP contribution is 2.19. The van der Waals surface area contributed by atoms with Crippen molar-refractivity contribution in [1.82, 2.24) is 4.90 Å². The molecule has 0 N–H and O–H groups in total. The summed E-state index contributed by atoms with van der Waals surface area (Å²) in [5.74, 6) is 0.678. The van der Waals surface area contributed by atoms with E-state index in [1.54, 1.807) is 0 Å². The highest BCUT2D eigenvalue weighted by atomic mass is 16.5. The number of hydrogen-bond donors (Lipinski definition) is 0. The lowest BCUT2D eigenvalue weighted by Crippen LogP contribution is -2.34. The van der Waals surface area contributed by atoms with Crippen LogP contribution in [0.2, 0.25) is 0 Å². The molecule has 102 valence electrons. The lowest BCUT2D eigenvalue weighted by atomic mass is 9.97. The van der Waals surface area contributed by atoms with Gasteiger partial charge in [0.25, 0.3) is 0 Å². The van der Waals surface area contributed by atoms with Gasteiger partial charge in [0.05, 0.1) is 0 Å². The second-order valence-electron chi connectivity index (χ2n) is 5.16. The summed E-state index contributed by atoms with van der Waals surface area (Å²) < 4.78 is 5.53. The molecule has 0 aromatic heterocycles. The highest BCUT2D eigenvalue weighted by molar-refractivity contribution is 5.14. The van der Waals surface area contributed by atoms with E-state index in [0.29, 0.717) is 19.1 Å². The van der Waals surface area contributed by atoms with Crippen LogP contribution in [-0.4, -0.2) is 37.7 Å². The van der Waals surface area contributed by atoms with Crippen LogP contribution in [0.15, 0.2) is 30.3 Å². The molecule has 0 amide bonds. The molecule has 0 spiro atoms. The fraction of sp³-hybridized carbons (Fsp3) is 0.562. The van der Waals surface area contributed by atoms with Crippen LogP contribution in [0, 0.1) is 12.5 Å². The Bertz CT molecular complexity index is 391. The minimum absolute atomic E-state index is 0.493. The summed E-state index contributed by atoms with van der Waals surface area (Å²) in [5.41, 5.74) is 1.40. The van der Waals surface area contributed by atoms with Crippen LogP contribution in [0.5, 0.6) is 0 Å². The molecule has 0 atom stereocenters. The Morgan fingerprint density at radius 2 is 1.95 bits per heavy atom. The van der Waals surface area contributed by atoms with E-state index in [2.05, 4.69) is 40.1 Å². The molecular weight excluding hydrogens is 236 g/mol. The van der Waals surface area contributed by atoms with E-state index in [-0.39, 0.29) is 0 Å². The van der Waals surface area contributed by atoms with Gasteiger partial charge in [-0.05, 0) is 37.4 Å². The van der Waals surface area contributed by atoms with Gasteiger partial charge < -0.3 is 9.58 Å². The average molecular weight is 258 g/mol. The van der Waals surface area contributed by atoms with Gasteiger partial charge in [-0.3, -0.25) is 4.90 Å². The Balaban J connectivity index is 1.64. The number of nitrogens with zero attached hydrogens (tertiary/aromatic N) is 2. The highest BCUT2D eigenvalue weighted by Gasteiger charge is 2.19. The summed E-state index contributed by atoms with van der Waals surface area (Å²) in [6.07, 6.45) is 2.43. The standard InChI is InChI=1S/C16H22N2O/c1-17-9-12-19-14-16-7-10-18(11-8-16)13-15-5-3-2-4-6-15/h2-6,16H,7-14H2. The van der Waals surface area contributed by atoms with E-state index in [9.17, 15) is 0 Å². The molecule has 1 aromatic carbocycles. The fourth-order valence-corrected chi connectivity index (χ4v) is 2.51. The summed E-state index contributed by atoms with van der Waals surface area (Å²) >= 11 is 0. The van der Waals surface area contributed by atoms with Crippen molar-refractivity contribution in [1.29, 1.82) is 0 Å². The van der Waals surface area contributed by atoms with E-state index in [4.69, 9.17) is 11.3 Å². The summed E-state index contributed by atoms with van der Waals surface area (Å²) in [6, 6.07) is 10.7. The molecule has 0 bridgehead atoms. The number of ether oxygens (including phenoxy) is 1. The van der Waals surface area contributed by atoms with Crippen molar-refractivity contribution in [2.24, 2.45) is 5.92 Å². The minimum Gasteiger partial charge on any atom is -0.373 e. The summed E-state index contributed by atoms with van der Waals surface area (Å²) in [7, 11) is 0. The fourth-order valence-electron chi connectivity index (χ4n) is 2.51. The number of likely N-dealkylation sites (tertiary alicyclic amines) is 1. The van der Waals surface area contributed by atoms with Crippen LogP contribution < -0.4 is 0 Å². The average Bonchev–Trinajstić information content (AvgIpc) is 2.46. The van der Waals surface area contributed by atoms with Gasteiger partial charge in [0, 0.05) is 13.2 Å². The Morgan fingerprint density at radius 3 is 2.63 bits per heavy atom. The number of rotatable bonds is 6. The van der Waals surface area contributed by atoms with Crippen molar-refractivity contribution < 1.29 is 4.74 Å². The Hall–Kier alpha value is -1.37. The molecule has 1 aromatic rings. The third-order valence-corrected chi connectivity index (χ3v) is 3.66. The second kappa shape index (κ2) is 7.93. The van der Waals surface area contributed by atoms with Gasteiger partial charge in [-0.1, -0.05) is 30.3 Å². The predicted octanol–water partition coefficient (Wildman–Crippen LogP) is 2.83. The topological polar surface area (TPSA) is 16.8 Å². The summed E-state index contributed by atoms with van der Waals surface area (Å²) in [4.78, 5) is 5.81. The van der Waals surface area contributed by atoms with E-state index in [0.717, 1.165) is 26.2 Å². The van der Waals surface area contributed by atoms with E-state index >= 15 is 0 Å².